The van der Waals surface area contributed by atoms with Crippen LogP contribution in [0.4, 0.5) is 5.69 Å². The van der Waals surface area contributed by atoms with Gasteiger partial charge in [-0.25, -0.2) is 0 Å². The fraction of sp³-hybridized carbons (Fsp3) is 0.286. The van der Waals surface area contributed by atoms with Gasteiger partial charge < -0.3 is 15.5 Å². The summed E-state index contributed by atoms with van der Waals surface area (Å²) < 4.78 is 0. The summed E-state index contributed by atoms with van der Waals surface area (Å²) >= 11 is 5.39. The van der Waals surface area contributed by atoms with Crippen molar-refractivity contribution in [1.29, 1.82) is 5.26 Å². The smallest absolute Gasteiger partial charge is 0.222 e. The van der Waals surface area contributed by atoms with Crippen LogP contribution in [0.2, 0.25) is 0 Å². The number of anilines is 1. The van der Waals surface area contributed by atoms with Gasteiger partial charge in [0.15, 0.2) is 5.11 Å². The Hall–Kier alpha value is -2.91. The highest BCUT2D eigenvalue weighted by molar-refractivity contribution is 7.80. The van der Waals surface area contributed by atoms with Gasteiger partial charge in [-0.1, -0.05) is 36.4 Å². The second kappa shape index (κ2) is 9.15. The van der Waals surface area contributed by atoms with E-state index < -0.39 is 0 Å². The molecular weight excluding hydrogens is 356 g/mol. The number of nitriles is 1. The Morgan fingerprint density at radius 3 is 2.56 bits per heavy atom. The van der Waals surface area contributed by atoms with Crippen LogP contribution in [-0.2, 0) is 24.3 Å². The van der Waals surface area contributed by atoms with Gasteiger partial charge in [0, 0.05) is 31.7 Å². The Balaban J connectivity index is 1.55. The molecule has 0 radical (unpaired) electrons. The van der Waals surface area contributed by atoms with Crippen LogP contribution in [0.15, 0.2) is 48.5 Å². The standard InChI is InChI=1S/C21H22N4OS/c22-12-11-16-7-9-19(10-8-16)24-21(27)23-14-17-4-1-2-5-18(17)15-25-13-3-6-20(25)26/h1-2,4-5,7-10H,3,6,11,13-15H2,(H2,23,24,27). The molecule has 0 spiro atoms. The molecule has 1 saturated heterocycles. The second-order valence-electron chi connectivity index (χ2n) is 6.53. The monoisotopic (exact) mass is 378 g/mol. The first kappa shape index (κ1) is 18.9. The number of carbonyl (C=O) groups excluding carboxylic acids is 1. The molecule has 0 aliphatic carbocycles. The van der Waals surface area contributed by atoms with Gasteiger partial charge in [0.05, 0.1) is 12.5 Å². The lowest BCUT2D eigenvalue weighted by Crippen LogP contribution is -2.29. The maximum atomic E-state index is 11.9. The van der Waals surface area contributed by atoms with E-state index in [0.717, 1.165) is 35.3 Å². The number of rotatable bonds is 6. The third-order valence-electron chi connectivity index (χ3n) is 4.59. The zero-order valence-corrected chi connectivity index (χ0v) is 15.9. The van der Waals surface area contributed by atoms with Crippen molar-refractivity contribution >= 4 is 28.9 Å². The molecular formula is C21H22N4OS. The molecule has 2 aromatic carbocycles. The van der Waals surface area contributed by atoms with Gasteiger partial charge in [-0.3, -0.25) is 4.79 Å². The van der Waals surface area contributed by atoms with E-state index in [-0.39, 0.29) is 5.91 Å². The Bertz CT molecular complexity index is 857. The molecule has 2 aromatic rings. The summed E-state index contributed by atoms with van der Waals surface area (Å²) in [6, 6.07) is 17.9. The normalized spacial score (nSPS) is 13.3. The predicted molar refractivity (Wildman–Crippen MR) is 110 cm³/mol. The highest BCUT2D eigenvalue weighted by atomic mass is 32.1. The molecule has 1 aliphatic rings. The molecule has 1 heterocycles. The van der Waals surface area contributed by atoms with Gasteiger partial charge in [-0.05, 0) is 47.5 Å². The van der Waals surface area contributed by atoms with E-state index in [1.165, 1.54) is 0 Å². The molecule has 0 bridgehead atoms. The Morgan fingerprint density at radius 2 is 1.89 bits per heavy atom. The van der Waals surface area contributed by atoms with Crippen LogP contribution in [0, 0.1) is 11.3 Å². The van der Waals surface area contributed by atoms with Crippen LogP contribution in [0.5, 0.6) is 0 Å². The third kappa shape index (κ3) is 5.28. The molecule has 138 valence electrons. The first-order chi connectivity index (χ1) is 13.2. The highest BCUT2D eigenvalue weighted by Gasteiger charge is 2.20. The van der Waals surface area contributed by atoms with Crippen molar-refractivity contribution in [3.05, 3.63) is 65.2 Å². The largest absolute Gasteiger partial charge is 0.358 e. The SMILES string of the molecule is N#CCc1ccc(NC(=S)NCc2ccccc2CN2CCCC2=O)cc1. The van der Waals surface area contributed by atoms with Gasteiger partial charge in [-0.15, -0.1) is 0 Å². The minimum absolute atomic E-state index is 0.231. The molecule has 0 saturated carbocycles. The second-order valence-corrected chi connectivity index (χ2v) is 6.94. The highest BCUT2D eigenvalue weighted by Crippen LogP contribution is 2.17. The van der Waals surface area contributed by atoms with Gasteiger partial charge >= 0.3 is 0 Å². The average molecular weight is 379 g/mol. The van der Waals surface area contributed by atoms with Crippen molar-refractivity contribution in [3.63, 3.8) is 0 Å². The summed E-state index contributed by atoms with van der Waals surface area (Å²) in [6.45, 7) is 2.08. The van der Waals surface area contributed by atoms with Gasteiger partial charge in [-0.2, -0.15) is 5.26 Å². The van der Waals surface area contributed by atoms with Crippen molar-refractivity contribution in [3.8, 4) is 6.07 Å². The van der Waals surface area contributed by atoms with Crippen molar-refractivity contribution in [2.75, 3.05) is 11.9 Å². The minimum atomic E-state index is 0.231. The van der Waals surface area contributed by atoms with E-state index in [2.05, 4.69) is 28.8 Å². The number of carbonyl (C=O) groups is 1. The Labute approximate surface area is 165 Å². The number of likely N-dealkylation sites (tertiary alicyclic amines) is 1. The lowest BCUT2D eigenvalue weighted by molar-refractivity contribution is -0.128. The number of hydrogen-bond acceptors (Lipinski definition) is 3. The van der Waals surface area contributed by atoms with E-state index in [0.29, 0.717) is 31.0 Å². The van der Waals surface area contributed by atoms with E-state index in [1.807, 2.05) is 41.3 Å². The molecule has 0 atom stereocenters. The van der Waals surface area contributed by atoms with E-state index in [9.17, 15) is 4.79 Å². The number of benzene rings is 2. The fourth-order valence-corrected chi connectivity index (χ4v) is 3.30. The number of hydrogen-bond donors (Lipinski definition) is 2. The summed E-state index contributed by atoms with van der Waals surface area (Å²) in [5.41, 5.74) is 4.13. The minimum Gasteiger partial charge on any atom is -0.358 e. The molecule has 1 amide bonds. The molecule has 6 heteroatoms. The van der Waals surface area contributed by atoms with Crippen LogP contribution in [0.1, 0.15) is 29.5 Å². The zero-order chi connectivity index (χ0) is 19.1. The molecule has 1 aliphatic heterocycles. The Morgan fingerprint density at radius 1 is 1.15 bits per heavy atom. The first-order valence-corrected chi connectivity index (χ1v) is 9.42. The molecule has 1 fully saturated rings. The van der Waals surface area contributed by atoms with Crippen molar-refractivity contribution < 1.29 is 4.79 Å². The number of thiocarbonyl (C=S) groups is 1. The number of nitrogens with zero attached hydrogens (tertiary/aromatic N) is 2. The van der Waals surface area contributed by atoms with Crippen LogP contribution >= 0.6 is 12.2 Å². The molecule has 5 nitrogen and oxygen atoms in total. The quantitative estimate of drug-likeness (QED) is 0.755. The summed E-state index contributed by atoms with van der Waals surface area (Å²) in [7, 11) is 0. The summed E-state index contributed by atoms with van der Waals surface area (Å²) in [6.07, 6.45) is 2.00. The maximum absolute atomic E-state index is 11.9. The topological polar surface area (TPSA) is 68.2 Å². The average Bonchev–Trinajstić information content (AvgIpc) is 3.07. The van der Waals surface area contributed by atoms with Crippen LogP contribution < -0.4 is 10.6 Å². The van der Waals surface area contributed by atoms with Gasteiger partial charge in [0.2, 0.25) is 5.91 Å². The third-order valence-corrected chi connectivity index (χ3v) is 4.83. The summed E-state index contributed by atoms with van der Waals surface area (Å²) in [5.74, 6) is 0.231. The lowest BCUT2D eigenvalue weighted by Gasteiger charge is -2.19. The molecule has 2 N–H and O–H groups in total. The van der Waals surface area contributed by atoms with Crippen molar-refractivity contribution in [2.24, 2.45) is 0 Å². The first-order valence-electron chi connectivity index (χ1n) is 9.01. The van der Waals surface area contributed by atoms with Gasteiger partial charge in [0.25, 0.3) is 0 Å². The molecule has 0 aromatic heterocycles. The molecule has 27 heavy (non-hydrogen) atoms. The van der Waals surface area contributed by atoms with E-state index in [1.54, 1.807) is 0 Å². The summed E-state index contributed by atoms with van der Waals surface area (Å²) in [5, 5.41) is 15.6. The summed E-state index contributed by atoms with van der Waals surface area (Å²) in [4.78, 5) is 13.8. The number of nitrogens with one attached hydrogen (secondary N) is 2. The fourth-order valence-electron chi connectivity index (χ4n) is 3.11. The van der Waals surface area contributed by atoms with Crippen molar-refractivity contribution in [2.45, 2.75) is 32.4 Å². The zero-order valence-electron chi connectivity index (χ0n) is 15.1. The number of amides is 1. The molecule has 0 unspecified atom stereocenters. The van der Waals surface area contributed by atoms with Crippen LogP contribution in [0.25, 0.3) is 0 Å². The van der Waals surface area contributed by atoms with Crippen molar-refractivity contribution in [1.82, 2.24) is 10.2 Å². The predicted octanol–water partition coefficient (Wildman–Crippen LogP) is 3.36. The van der Waals surface area contributed by atoms with Gasteiger partial charge in [0.1, 0.15) is 0 Å². The Kier molecular flexibility index (Phi) is 6.39. The maximum Gasteiger partial charge on any atom is 0.222 e. The van der Waals surface area contributed by atoms with E-state index in [4.69, 9.17) is 17.5 Å². The van der Waals surface area contributed by atoms with Crippen LogP contribution in [-0.4, -0.2) is 22.5 Å². The lowest BCUT2D eigenvalue weighted by atomic mass is 10.1. The van der Waals surface area contributed by atoms with Crippen LogP contribution in [0.3, 0.4) is 0 Å². The molecule has 3 rings (SSSR count). The van der Waals surface area contributed by atoms with E-state index >= 15 is 0 Å².